The van der Waals surface area contributed by atoms with Crippen LogP contribution in [0.15, 0.2) is 66.9 Å². The third-order valence-electron chi connectivity index (χ3n) is 5.20. The second kappa shape index (κ2) is 7.36. The van der Waals surface area contributed by atoms with Crippen LogP contribution < -0.4 is 9.47 Å². The van der Waals surface area contributed by atoms with Crippen molar-refractivity contribution in [1.29, 1.82) is 0 Å². The monoisotopic (exact) mass is 417 g/mol. The Bertz CT molecular complexity index is 1410. The fourth-order valence-electron chi connectivity index (χ4n) is 3.70. The molecular formula is C24H17F2N3O2. The van der Waals surface area contributed by atoms with Crippen molar-refractivity contribution in [2.24, 2.45) is 0 Å². The van der Waals surface area contributed by atoms with E-state index in [1.54, 1.807) is 55.4 Å². The van der Waals surface area contributed by atoms with Gasteiger partial charge in [-0.1, -0.05) is 0 Å². The van der Waals surface area contributed by atoms with Crippen molar-refractivity contribution in [2.75, 3.05) is 14.2 Å². The Balaban J connectivity index is 1.89. The number of methoxy groups -OCH3 is 2. The maximum absolute atomic E-state index is 13.6. The van der Waals surface area contributed by atoms with Gasteiger partial charge in [-0.05, 0) is 54.6 Å². The Morgan fingerprint density at radius 3 is 2.03 bits per heavy atom. The molecule has 2 heterocycles. The lowest BCUT2D eigenvalue weighted by atomic mass is 10.1. The van der Waals surface area contributed by atoms with E-state index in [-0.39, 0.29) is 11.6 Å². The zero-order valence-corrected chi connectivity index (χ0v) is 16.8. The number of hydrogen-bond acceptors (Lipinski definition) is 4. The largest absolute Gasteiger partial charge is 0.493 e. The highest BCUT2D eigenvalue weighted by molar-refractivity contribution is 6.09. The first-order valence-electron chi connectivity index (χ1n) is 9.54. The van der Waals surface area contributed by atoms with Gasteiger partial charge in [-0.3, -0.25) is 4.98 Å². The molecule has 0 N–H and O–H groups in total. The van der Waals surface area contributed by atoms with Crippen LogP contribution in [0.25, 0.3) is 38.8 Å². The van der Waals surface area contributed by atoms with Gasteiger partial charge in [0.1, 0.15) is 17.3 Å². The van der Waals surface area contributed by atoms with Crippen LogP contribution in [0, 0.1) is 11.6 Å². The van der Waals surface area contributed by atoms with Crippen molar-refractivity contribution in [3.05, 3.63) is 78.5 Å². The van der Waals surface area contributed by atoms with Crippen LogP contribution in [0.3, 0.4) is 0 Å². The molecule has 0 saturated carbocycles. The van der Waals surface area contributed by atoms with Crippen LogP contribution in [-0.2, 0) is 0 Å². The summed E-state index contributed by atoms with van der Waals surface area (Å²) in [7, 11) is 3.14. The fourth-order valence-corrected chi connectivity index (χ4v) is 3.70. The summed E-state index contributed by atoms with van der Waals surface area (Å²) < 4.78 is 39.7. The van der Waals surface area contributed by atoms with Crippen LogP contribution >= 0.6 is 0 Å². The lowest BCUT2D eigenvalue weighted by Gasteiger charge is -2.11. The molecule has 154 valence electrons. The summed E-state index contributed by atoms with van der Waals surface area (Å²) in [4.78, 5) is 4.60. The molecule has 5 rings (SSSR count). The van der Waals surface area contributed by atoms with E-state index in [9.17, 15) is 8.78 Å². The standard InChI is InChI=1S/C24H17F2N3O2/c1-30-21-11-18-20(12-22(21)31-2)27-13-19-23(14-3-5-15(25)6-4-14)28-29(24(18)19)17-9-7-16(26)8-10-17/h3-13H,1-2H3. The van der Waals surface area contributed by atoms with E-state index in [0.29, 0.717) is 28.4 Å². The molecule has 5 aromatic rings. The minimum atomic E-state index is -0.336. The Kier molecular flexibility index (Phi) is 4.51. The quantitative estimate of drug-likeness (QED) is 0.385. The van der Waals surface area contributed by atoms with Gasteiger partial charge in [0.15, 0.2) is 11.5 Å². The van der Waals surface area contributed by atoms with Gasteiger partial charge in [0.25, 0.3) is 0 Å². The molecule has 7 heteroatoms. The Hall–Kier alpha value is -4.00. The molecular weight excluding hydrogens is 400 g/mol. The van der Waals surface area contributed by atoms with Gasteiger partial charge in [0, 0.05) is 28.6 Å². The van der Waals surface area contributed by atoms with Gasteiger partial charge in [0.05, 0.1) is 30.9 Å². The van der Waals surface area contributed by atoms with Crippen molar-refractivity contribution >= 4 is 21.8 Å². The molecule has 2 aromatic heterocycles. The first-order valence-corrected chi connectivity index (χ1v) is 9.54. The molecule has 0 spiro atoms. The molecule has 0 bridgehead atoms. The highest BCUT2D eigenvalue weighted by Gasteiger charge is 2.19. The summed E-state index contributed by atoms with van der Waals surface area (Å²) in [6.07, 6.45) is 1.73. The summed E-state index contributed by atoms with van der Waals surface area (Å²) in [5.74, 6) is 0.455. The Morgan fingerprint density at radius 2 is 1.39 bits per heavy atom. The topological polar surface area (TPSA) is 49.2 Å². The second-order valence-corrected chi connectivity index (χ2v) is 6.99. The number of rotatable bonds is 4. The average Bonchev–Trinajstić information content (AvgIpc) is 3.19. The van der Waals surface area contributed by atoms with E-state index in [1.165, 1.54) is 24.3 Å². The maximum atomic E-state index is 13.6. The molecule has 5 nitrogen and oxygen atoms in total. The van der Waals surface area contributed by atoms with Gasteiger partial charge in [0.2, 0.25) is 0 Å². The van der Waals surface area contributed by atoms with Crippen molar-refractivity contribution in [3.63, 3.8) is 0 Å². The third-order valence-corrected chi connectivity index (χ3v) is 5.20. The molecule has 0 saturated heterocycles. The normalized spacial score (nSPS) is 11.2. The summed E-state index contributed by atoms with van der Waals surface area (Å²) in [6, 6.07) is 15.8. The van der Waals surface area contributed by atoms with Crippen molar-refractivity contribution in [1.82, 2.24) is 14.8 Å². The Morgan fingerprint density at radius 1 is 0.774 bits per heavy atom. The number of fused-ring (bicyclic) bond motifs is 3. The van der Waals surface area contributed by atoms with Crippen molar-refractivity contribution in [2.45, 2.75) is 0 Å². The number of pyridine rings is 1. The van der Waals surface area contributed by atoms with Gasteiger partial charge in [-0.15, -0.1) is 0 Å². The smallest absolute Gasteiger partial charge is 0.162 e. The minimum absolute atomic E-state index is 0.327. The summed E-state index contributed by atoms with van der Waals surface area (Å²) in [6.45, 7) is 0. The van der Waals surface area contributed by atoms with Crippen molar-refractivity contribution in [3.8, 4) is 28.4 Å². The molecule has 0 fully saturated rings. The number of ether oxygens (including phenoxy) is 2. The molecule has 3 aromatic carbocycles. The number of hydrogen-bond donors (Lipinski definition) is 0. The molecule has 0 amide bonds. The molecule has 31 heavy (non-hydrogen) atoms. The zero-order valence-electron chi connectivity index (χ0n) is 16.8. The number of benzene rings is 3. The number of nitrogens with zero attached hydrogens (tertiary/aromatic N) is 3. The van der Waals surface area contributed by atoms with E-state index >= 15 is 0 Å². The molecule has 0 radical (unpaired) electrons. The van der Waals surface area contributed by atoms with Gasteiger partial charge in [-0.25, -0.2) is 13.5 Å². The van der Waals surface area contributed by atoms with Gasteiger partial charge in [-0.2, -0.15) is 5.10 Å². The second-order valence-electron chi connectivity index (χ2n) is 6.99. The van der Waals surface area contributed by atoms with E-state index in [2.05, 4.69) is 4.98 Å². The molecule has 0 unspecified atom stereocenters. The zero-order chi connectivity index (χ0) is 21.5. The number of aromatic nitrogens is 3. The lowest BCUT2D eigenvalue weighted by molar-refractivity contribution is 0.356. The van der Waals surface area contributed by atoms with E-state index in [4.69, 9.17) is 14.6 Å². The predicted octanol–water partition coefficient (Wildman–Crippen LogP) is 5.54. The fraction of sp³-hybridized carbons (Fsp3) is 0.0833. The Labute approximate surface area is 176 Å². The summed E-state index contributed by atoms with van der Waals surface area (Å²) >= 11 is 0. The predicted molar refractivity (Wildman–Crippen MR) is 115 cm³/mol. The molecule has 0 aliphatic rings. The molecule has 0 aliphatic carbocycles. The van der Waals surface area contributed by atoms with Crippen LogP contribution in [0.2, 0.25) is 0 Å². The van der Waals surface area contributed by atoms with Crippen LogP contribution in [-0.4, -0.2) is 29.0 Å². The van der Waals surface area contributed by atoms with Crippen LogP contribution in [0.4, 0.5) is 8.78 Å². The van der Waals surface area contributed by atoms with Crippen LogP contribution in [0.1, 0.15) is 0 Å². The summed E-state index contributed by atoms with van der Waals surface area (Å²) in [5, 5.41) is 6.36. The first kappa shape index (κ1) is 19.0. The van der Waals surface area contributed by atoms with Crippen LogP contribution in [0.5, 0.6) is 11.5 Å². The SMILES string of the molecule is COc1cc2ncc3c(-c4ccc(F)cc4)nn(-c4ccc(F)cc4)c3c2cc1OC. The van der Waals surface area contributed by atoms with E-state index in [0.717, 1.165) is 21.9 Å². The van der Waals surface area contributed by atoms with Crippen molar-refractivity contribution < 1.29 is 18.3 Å². The van der Waals surface area contributed by atoms with E-state index < -0.39 is 0 Å². The van der Waals surface area contributed by atoms with E-state index in [1.807, 2.05) is 6.07 Å². The first-order chi connectivity index (χ1) is 15.1. The number of halogens is 2. The maximum Gasteiger partial charge on any atom is 0.162 e. The summed E-state index contributed by atoms with van der Waals surface area (Å²) in [5.41, 5.74) is 3.54. The lowest BCUT2D eigenvalue weighted by Crippen LogP contribution is -1.98. The highest BCUT2D eigenvalue weighted by atomic mass is 19.1. The molecule has 0 aliphatic heterocycles. The van der Waals surface area contributed by atoms with Gasteiger partial charge >= 0.3 is 0 Å². The van der Waals surface area contributed by atoms with Gasteiger partial charge < -0.3 is 9.47 Å². The highest BCUT2D eigenvalue weighted by Crippen LogP contribution is 2.38. The average molecular weight is 417 g/mol. The third kappa shape index (κ3) is 3.15. The minimum Gasteiger partial charge on any atom is -0.493 e. The molecule has 0 atom stereocenters.